The minimum Gasteiger partial charge on any atom is -0.490 e. The van der Waals surface area contributed by atoms with Gasteiger partial charge in [-0.3, -0.25) is 4.79 Å². The molecule has 2 atom stereocenters. The van der Waals surface area contributed by atoms with Gasteiger partial charge in [0.25, 0.3) is 5.91 Å². The average Bonchev–Trinajstić information content (AvgIpc) is 3.04. The molecule has 0 fully saturated rings. The maximum absolute atomic E-state index is 13.0. The number of fused-ring (bicyclic) bond motifs is 1. The quantitative estimate of drug-likeness (QED) is 0.661. The second kappa shape index (κ2) is 8.99. The molecule has 3 rings (SSSR count). The standard InChI is InChI=1S/C23H27NO5/c1-5-27-20-12-11-18(14-21(20)28-6-2)23(26)29-16(4)22(25)24-15(3)13-17-9-7-8-10-19(17)24/h7-12,14-16H,5-6,13H2,1-4H3/t15-,16-/m1/s1. The number of ether oxygens (including phenoxy) is 3. The van der Waals surface area contributed by atoms with Crippen LogP contribution in [-0.2, 0) is 16.0 Å². The molecule has 0 N–H and O–H groups in total. The molecule has 0 radical (unpaired) electrons. The largest absolute Gasteiger partial charge is 0.490 e. The number of hydrogen-bond acceptors (Lipinski definition) is 5. The Balaban J connectivity index is 1.73. The normalized spacial score (nSPS) is 16.1. The van der Waals surface area contributed by atoms with E-state index >= 15 is 0 Å². The second-order valence-corrected chi connectivity index (χ2v) is 6.97. The summed E-state index contributed by atoms with van der Waals surface area (Å²) in [5.74, 6) is 0.240. The molecular formula is C23H27NO5. The summed E-state index contributed by atoms with van der Waals surface area (Å²) in [6.07, 6.45) is -0.114. The van der Waals surface area contributed by atoms with E-state index in [1.165, 1.54) is 0 Å². The summed E-state index contributed by atoms with van der Waals surface area (Å²) in [5, 5.41) is 0. The highest BCUT2D eigenvalue weighted by Gasteiger charge is 2.34. The van der Waals surface area contributed by atoms with Crippen molar-refractivity contribution in [2.24, 2.45) is 0 Å². The van der Waals surface area contributed by atoms with Crippen molar-refractivity contribution in [3.8, 4) is 11.5 Å². The van der Waals surface area contributed by atoms with Crippen LogP contribution in [0.25, 0.3) is 0 Å². The third-order valence-corrected chi connectivity index (χ3v) is 4.86. The average molecular weight is 397 g/mol. The Morgan fingerprint density at radius 3 is 2.48 bits per heavy atom. The van der Waals surface area contributed by atoms with E-state index in [1.807, 2.05) is 45.0 Å². The van der Waals surface area contributed by atoms with Gasteiger partial charge >= 0.3 is 5.97 Å². The van der Waals surface area contributed by atoms with Crippen molar-refractivity contribution in [1.29, 1.82) is 0 Å². The first-order chi connectivity index (χ1) is 14.0. The molecule has 0 bridgehead atoms. The monoisotopic (exact) mass is 397 g/mol. The smallest absolute Gasteiger partial charge is 0.339 e. The van der Waals surface area contributed by atoms with E-state index in [2.05, 4.69) is 0 Å². The number of para-hydroxylation sites is 1. The van der Waals surface area contributed by atoms with E-state index < -0.39 is 12.1 Å². The van der Waals surface area contributed by atoms with Gasteiger partial charge < -0.3 is 19.1 Å². The lowest BCUT2D eigenvalue weighted by Crippen LogP contribution is -2.43. The molecule has 6 nitrogen and oxygen atoms in total. The molecule has 2 aromatic rings. The van der Waals surface area contributed by atoms with Gasteiger partial charge in [-0.15, -0.1) is 0 Å². The maximum Gasteiger partial charge on any atom is 0.339 e. The summed E-state index contributed by atoms with van der Waals surface area (Å²) in [6.45, 7) is 8.27. The fourth-order valence-corrected chi connectivity index (χ4v) is 3.55. The number of rotatable bonds is 7. The molecule has 29 heavy (non-hydrogen) atoms. The van der Waals surface area contributed by atoms with Gasteiger partial charge in [0.1, 0.15) is 0 Å². The molecule has 154 valence electrons. The molecule has 1 amide bonds. The Hall–Kier alpha value is -3.02. The fourth-order valence-electron chi connectivity index (χ4n) is 3.55. The molecule has 0 aromatic heterocycles. The lowest BCUT2D eigenvalue weighted by Gasteiger charge is -2.26. The Morgan fingerprint density at radius 2 is 1.76 bits per heavy atom. The molecule has 1 heterocycles. The number of nitrogens with zero attached hydrogens (tertiary/aromatic N) is 1. The van der Waals surface area contributed by atoms with Crippen LogP contribution in [0.3, 0.4) is 0 Å². The van der Waals surface area contributed by atoms with Crippen LogP contribution in [0.15, 0.2) is 42.5 Å². The molecule has 0 saturated carbocycles. The summed E-state index contributed by atoms with van der Waals surface area (Å²) < 4.78 is 16.6. The topological polar surface area (TPSA) is 65.1 Å². The SMILES string of the molecule is CCOc1ccc(C(=O)O[C@H](C)C(=O)N2c3ccccc3C[C@H]2C)cc1OCC. The molecular weight excluding hydrogens is 370 g/mol. The van der Waals surface area contributed by atoms with Crippen LogP contribution in [0, 0.1) is 0 Å². The number of amides is 1. The zero-order valence-electron chi connectivity index (χ0n) is 17.3. The highest BCUT2D eigenvalue weighted by Crippen LogP contribution is 2.33. The van der Waals surface area contributed by atoms with Gasteiger partial charge in [0.05, 0.1) is 18.8 Å². The predicted molar refractivity (Wildman–Crippen MR) is 111 cm³/mol. The van der Waals surface area contributed by atoms with Gasteiger partial charge in [0.2, 0.25) is 0 Å². The van der Waals surface area contributed by atoms with Crippen molar-refractivity contribution in [2.45, 2.75) is 46.3 Å². The minimum absolute atomic E-state index is 0.0242. The summed E-state index contributed by atoms with van der Waals surface area (Å²) in [6, 6.07) is 12.7. The number of esters is 1. The Morgan fingerprint density at radius 1 is 1.07 bits per heavy atom. The molecule has 0 unspecified atom stereocenters. The maximum atomic E-state index is 13.0. The summed E-state index contributed by atoms with van der Waals surface area (Å²) in [7, 11) is 0. The van der Waals surface area contributed by atoms with E-state index in [-0.39, 0.29) is 11.9 Å². The Labute approximate surface area is 171 Å². The molecule has 0 saturated heterocycles. The predicted octanol–water partition coefficient (Wildman–Crippen LogP) is 4.01. The van der Waals surface area contributed by atoms with Crippen molar-refractivity contribution in [1.82, 2.24) is 0 Å². The van der Waals surface area contributed by atoms with Gasteiger partial charge in [-0.25, -0.2) is 4.79 Å². The van der Waals surface area contributed by atoms with Crippen molar-refractivity contribution < 1.29 is 23.8 Å². The third kappa shape index (κ3) is 4.36. The van der Waals surface area contributed by atoms with E-state index in [0.717, 1.165) is 17.7 Å². The summed E-state index contributed by atoms with van der Waals surface area (Å²) in [5.41, 5.74) is 2.32. The first-order valence-electron chi connectivity index (χ1n) is 9.97. The van der Waals surface area contributed by atoms with Crippen LogP contribution < -0.4 is 14.4 Å². The zero-order valence-corrected chi connectivity index (χ0v) is 17.3. The molecule has 2 aromatic carbocycles. The Kier molecular flexibility index (Phi) is 6.42. The third-order valence-electron chi connectivity index (χ3n) is 4.86. The van der Waals surface area contributed by atoms with Crippen LogP contribution in [0.2, 0.25) is 0 Å². The molecule has 1 aliphatic rings. The molecule has 0 spiro atoms. The summed E-state index contributed by atoms with van der Waals surface area (Å²) in [4.78, 5) is 27.4. The lowest BCUT2D eigenvalue weighted by atomic mass is 10.1. The van der Waals surface area contributed by atoms with Crippen molar-refractivity contribution in [3.63, 3.8) is 0 Å². The zero-order chi connectivity index (χ0) is 21.0. The van der Waals surface area contributed by atoms with Crippen LogP contribution in [0.1, 0.15) is 43.6 Å². The fraction of sp³-hybridized carbons (Fsp3) is 0.391. The van der Waals surface area contributed by atoms with Crippen LogP contribution in [0.5, 0.6) is 11.5 Å². The van der Waals surface area contributed by atoms with Crippen LogP contribution in [0.4, 0.5) is 5.69 Å². The van der Waals surface area contributed by atoms with E-state index in [0.29, 0.717) is 30.3 Å². The van der Waals surface area contributed by atoms with Crippen LogP contribution >= 0.6 is 0 Å². The van der Waals surface area contributed by atoms with Gasteiger partial charge in [0, 0.05) is 11.7 Å². The highest BCUT2D eigenvalue weighted by atomic mass is 16.5. The summed E-state index contributed by atoms with van der Waals surface area (Å²) >= 11 is 0. The number of carbonyl (C=O) groups is 2. The highest BCUT2D eigenvalue weighted by molar-refractivity contribution is 6.01. The van der Waals surface area contributed by atoms with Gasteiger partial charge in [-0.1, -0.05) is 18.2 Å². The number of anilines is 1. The van der Waals surface area contributed by atoms with E-state index in [9.17, 15) is 9.59 Å². The second-order valence-electron chi connectivity index (χ2n) is 6.97. The number of benzene rings is 2. The molecule has 0 aliphatic carbocycles. The number of carbonyl (C=O) groups excluding carboxylic acids is 2. The van der Waals surface area contributed by atoms with Crippen molar-refractivity contribution in [2.75, 3.05) is 18.1 Å². The van der Waals surface area contributed by atoms with Gasteiger partial charge in [-0.05, 0) is 63.9 Å². The minimum atomic E-state index is -0.904. The van der Waals surface area contributed by atoms with Crippen molar-refractivity contribution in [3.05, 3.63) is 53.6 Å². The number of hydrogen-bond donors (Lipinski definition) is 0. The first kappa shape index (κ1) is 20.7. The van der Waals surface area contributed by atoms with E-state index in [4.69, 9.17) is 14.2 Å². The molecule has 6 heteroatoms. The lowest BCUT2D eigenvalue weighted by molar-refractivity contribution is -0.126. The molecule has 1 aliphatic heterocycles. The first-order valence-corrected chi connectivity index (χ1v) is 9.97. The van der Waals surface area contributed by atoms with Crippen LogP contribution in [-0.4, -0.2) is 37.2 Å². The van der Waals surface area contributed by atoms with Gasteiger partial charge in [0.15, 0.2) is 17.6 Å². The van der Waals surface area contributed by atoms with Gasteiger partial charge in [-0.2, -0.15) is 0 Å². The van der Waals surface area contributed by atoms with Crippen molar-refractivity contribution >= 4 is 17.6 Å². The Bertz CT molecular complexity index is 895. The van der Waals surface area contributed by atoms with E-state index in [1.54, 1.807) is 30.0 Å².